The van der Waals surface area contributed by atoms with E-state index >= 15 is 0 Å². The van der Waals surface area contributed by atoms with Gasteiger partial charge in [-0.1, -0.05) is 24.2 Å². The van der Waals surface area contributed by atoms with Crippen LogP contribution in [0.4, 0.5) is 13.2 Å². The summed E-state index contributed by atoms with van der Waals surface area (Å²) in [6.07, 6.45) is -1.89. The molecule has 196 valence electrons. The molecule has 1 amide bonds. The molecule has 2 aromatic rings. The van der Waals surface area contributed by atoms with Crippen molar-refractivity contribution in [2.24, 2.45) is 11.1 Å². The van der Waals surface area contributed by atoms with E-state index in [1.807, 2.05) is 19.1 Å². The van der Waals surface area contributed by atoms with E-state index in [1.165, 1.54) is 12.1 Å². The molecule has 1 N–H and O–H groups in total. The van der Waals surface area contributed by atoms with Crippen LogP contribution < -0.4 is 10.1 Å². The summed E-state index contributed by atoms with van der Waals surface area (Å²) in [6, 6.07) is 12.0. The first-order valence-corrected chi connectivity index (χ1v) is 12.1. The second kappa shape index (κ2) is 12.3. The van der Waals surface area contributed by atoms with Crippen LogP contribution in [0.25, 0.3) is 0 Å². The maximum Gasteiger partial charge on any atom is 0.416 e. The zero-order valence-electron chi connectivity index (χ0n) is 20.9. The average Bonchev–Trinajstić information content (AvgIpc) is 2.86. The molecule has 3 rings (SSSR count). The van der Waals surface area contributed by atoms with Gasteiger partial charge in [0.15, 0.2) is 5.60 Å². The first-order chi connectivity index (χ1) is 17.1. The van der Waals surface area contributed by atoms with Gasteiger partial charge in [-0.25, -0.2) is 0 Å². The summed E-state index contributed by atoms with van der Waals surface area (Å²) in [5.41, 5.74) is 0.342. The van der Waals surface area contributed by atoms with Crippen LogP contribution in [0.5, 0.6) is 5.75 Å². The summed E-state index contributed by atoms with van der Waals surface area (Å²) in [5, 5.41) is 7.15. The van der Waals surface area contributed by atoms with Crippen LogP contribution in [0.2, 0.25) is 0 Å². The zero-order valence-corrected chi connectivity index (χ0v) is 20.9. The van der Waals surface area contributed by atoms with Crippen LogP contribution in [0.1, 0.15) is 56.7 Å². The number of ether oxygens (including phenoxy) is 2. The molecule has 9 heteroatoms. The molecule has 0 atom stereocenters. The van der Waals surface area contributed by atoms with Crippen LogP contribution in [0.15, 0.2) is 53.7 Å². The summed E-state index contributed by atoms with van der Waals surface area (Å²) in [4.78, 5) is 18.1. The second-order valence-corrected chi connectivity index (χ2v) is 9.26. The smallest absolute Gasteiger partial charge is 0.416 e. The Balaban J connectivity index is 1.53. The third-order valence-corrected chi connectivity index (χ3v) is 6.02. The molecule has 0 aliphatic carbocycles. The second-order valence-electron chi connectivity index (χ2n) is 9.26. The number of oxime groups is 1. The van der Waals surface area contributed by atoms with Gasteiger partial charge in [0.25, 0.3) is 5.91 Å². The SMILES string of the molecule is CC/C(=N\OCc1ccc(C(F)(F)F)cc1)c1ccc(OC(C)(C)C(=O)NCC2CCOCC2)cc1. The molecule has 0 spiro atoms. The lowest BCUT2D eigenvalue weighted by Gasteiger charge is -2.28. The Morgan fingerprint density at radius 2 is 1.69 bits per heavy atom. The van der Waals surface area contributed by atoms with E-state index in [2.05, 4.69) is 10.5 Å². The number of benzene rings is 2. The van der Waals surface area contributed by atoms with Crippen molar-refractivity contribution in [1.29, 1.82) is 0 Å². The predicted molar refractivity (Wildman–Crippen MR) is 131 cm³/mol. The molecular weight excluding hydrogens is 473 g/mol. The lowest BCUT2D eigenvalue weighted by Crippen LogP contribution is -2.48. The first-order valence-electron chi connectivity index (χ1n) is 12.1. The van der Waals surface area contributed by atoms with Gasteiger partial charge in [0.1, 0.15) is 12.4 Å². The first kappa shape index (κ1) is 27.5. The molecule has 0 radical (unpaired) electrons. The molecule has 1 aliphatic heterocycles. The number of rotatable bonds is 10. The highest BCUT2D eigenvalue weighted by Gasteiger charge is 2.31. The van der Waals surface area contributed by atoms with Gasteiger partial charge in [-0.15, -0.1) is 0 Å². The number of hydrogen-bond donors (Lipinski definition) is 1. The van der Waals surface area contributed by atoms with Gasteiger partial charge < -0.3 is 19.6 Å². The minimum atomic E-state index is -4.37. The lowest BCUT2D eigenvalue weighted by atomic mass is 10.00. The van der Waals surface area contributed by atoms with E-state index in [0.29, 0.717) is 35.9 Å². The Labute approximate surface area is 209 Å². The predicted octanol–water partition coefficient (Wildman–Crippen LogP) is 5.74. The van der Waals surface area contributed by atoms with Crippen LogP contribution in [0.3, 0.4) is 0 Å². The van der Waals surface area contributed by atoms with Gasteiger partial charge in [0.05, 0.1) is 11.3 Å². The van der Waals surface area contributed by atoms with E-state index in [4.69, 9.17) is 14.3 Å². The quantitative estimate of drug-likeness (QED) is 0.330. The van der Waals surface area contributed by atoms with Crippen LogP contribution >= 0.6 is 0 Å². The van der Waals surface area contributed by atoms with Gasteiger partial charge in [-0.2, -0.15) is 13.2 Å². The lowest BCUT2D eigenvalue weighted by molar-refractivity contribution is -0.137. The molecule has 1 fully saturated rings. The standard InChI is InChI=1S/C27H33F3N2O4/c1-4-24(32-35-18-20-5-9-22(10-6-20)27(28,29)30)21-7-11-23(12-8-21)36-26(2,3)25(33)31-17-19-13-15-34-16-14-19/h5-12,19H,4,13-18H2,1-3H3,(H,31,33)/b32-24+. The van der Waals surface area contributed by atoms with E-state index in [1.54, 1.807) is 26.0 Å². The fraction of sp³-hybridized carbons (Fsp3) is 0.481. The number of amides is 1. The maximum atomic E-state index is 12.7. The van der Waals surface area contributed by atoms with Crippen LogP contribution in [-0.4, -0.2) is 37.0 Å². The van der Waals surface area contributed by atoms with Gasteiger partial charge in [0.2, 0.25) is 0 Å². The van der Waals surface area contributed by atoms with Gasteiger partial charge in [0, 0.05) is 19.8 Å². The van der Waals surface area contributed by atoms with E-state index in [-0.39, 0.29) is 12.5 Å². The molecule has 36 heavy (non-hydrogen) atoms. The summed E-state index contributed by atoms with van der Waals surface area (Å²) >= 11 is 0. The fourth-order valence-corrected chi connectivity index (χ4v) is 3.75. The molecule has 0 aromatic heterocycles. The van der Waals surface area contributed by atoms with E-state index in [0.717, 1.165) is 43.8 Å². The largest absolute Gasteiger partial charge is 0.478 e. The molecule has 1 saturated heterocycles. The third kappa shape index (κ3) is 7.98. The van der Waals surface area contributed by atoms with Crippen molar-refractivity contribution < 1.29 is 32.3 Å². The van der Waals surface area contributed by atoms with Crippen molar-refractivity contribution in [3.8, 4) is 5.75 Å². The van der Waals surface area contributed by atoms with Crippen molar-refractivity contribution in [1.82, 2.24) is 5.32 Å². The molecule has 0 saturated carbocycles. The summed E-state index contributed by atoms with van der Waals surface area (Å²) in [5.74, 6) is 0.794. The van der Waals surface area contributed by atoms with Crippen LogP contribution in [0, 0.1) is 5.92 Å². The molecule has 2 aromatic carbocycles. The third-order valence-electron chi connectivity index (χ3n) is 6.02. The molecule has 1 aliphatic rings. The normalized spacial score (nSPS) is 15.4. The van der Waals surface area contributed by atoms with Gasteiger partial charge >= 0.3 is 6.18 Å². The summed E-state index contributed by atoms with van der Waals surface area (Å²) in [6.45, 7) is 7.52. The number of nitrogens with one attached hydrogen (secondary N) is 1. The number of nitrogens with zero attached hydrogens (tertiary/aromatic N) is 1. The minimum absolute atomic E-state index is 0.0556. The van der Waals surface area contributed by atoms with E-state index < -0.39 is 17.3 Å². The average molecular weight is 507 g/mol. The fourth-order valence-electron chi connectivity index (χ4n) is 3.75. The van der Waals surface area contributed by atoms with Gasteiger partial charge in [-0.3, -0.25) is 4.79 Å². The van der Waals surface area contributed by atoms with Crippen molar-refractivity contribution in [3.63, 3.8) is 0 Å². The molecule has 1 heterocycles. The van der Waals surface area contributed by atoms with Crippen LogP contribution in [-0.2, 0) is 27.2 Å². The number of alkyl halides is 3. The molecule has 6 nitrogen and oxygen atoms in total. The highest BCUT2D eigenvalue weighted by Crippen LogP contribution is 2.29. The number of hydrogen-bond acceptors (Lipinski definition) is 5. The Hall–Kier alpha value is -3.07. The Bertz CT molecular complexity index is 1010. The zero-order chi connectivity index (χ0) is 26.2. The molecule has 0 unspecified atom stereocenters. The number of carbonyl (C=O) groups excluding carboxylic acids is 1. The summed E-state index contributed by atoms with van der Waals surface area (Å²) in [7, 11) is 0. The van der Waals surface area contributed by atoms with Crippen molar-refractivity contribution in [3.05, 3.63) is 65.2 Å². The monoisotopic (exact) mass is 506 g/mol. The van der Waals surface area contributed by atoms with Crippen molar-refractivity contribution in [2.75, 3.05) is 19.8 Å². The number of halogens is 3. The maximum absolute atomic E-state index is 12.7. The highest BCUT2D eigenvalue weighted by molar-refractivity contribution is 6.00. The Kier molecular flexibility index (Phi) is 9.37. The van der Waals surface area contributed by atoms with Gasteiger partial charge in [-0.05, 0) is 86.6 Å². The minimum Gasteiger partial charge on any atom is -0.478 e. The highest BCUT2D eigenvalue weighted by atomic mass is 19.4. The summed E-state index contributed by atoms with van der Waals surface area (Å²) < 4.78 is 49.4. The molecule has 0 bridgehead atoms. The Morgan fingerprint density at radius 3 is 2.28 bits per heavy atom. The number of carbonyl (C=O) groups is 1. The molecular formula is C27H33F3N2O4. The topological polar surface area (TPSA) is 69.2 Å². The van der Waals surface area contributed by atoms with E-state index in [9.17, 15) is 18.0 Å². The Morgan fingerprint density at radius 1 is 1.06 bits per heavy atom. The van der Waals surface area contributed by atoms with Crippen molar-refractivity contribution >= 4 is 11.6 Å². The van der Waals surface area contributed by atoms with Crippen molar-refractivity contribution in [2.45, 2.75) is 58.4 Å².